The summed E-state index contributed by atoms with van der Waals surface area (Å²) in [7, 11) is 1.91. The number of piperidine rings is 2. The molecule has 3 saturated heterocycles. The SMILES string of the molecule is Cn1cnnc1[C@@H](c1cccc(-n2cc3c(C(F)(F)F)cc(CN4CCC[C@@H](COCc5ccc(CN6CCN(c7ccc8c(c7)CN(C7CCC(=O)NC7=O)C8=O)CC6)cc5)C4)cn3c2=O)c1)C1CCC1. The van der Waals surface area contributed by atoms with Crippen LogP contribution in [0.15, 0.2) is 96.3 Å². The highest BCUT2D eigenvalue weighted by Gasteiger charge is 2.40. The number of amides is 3. The number of ether oxygens (including phenoxy) is 1. The minimum Gasteiger partial charge on any atom is -0.376 e. The van der Waals surface area contributed by atoms with E-state index >= 15 is 0 Å². The van der Waals surface area contributed by atoms with Crippen molar-refractivity contribution in [3.05, 3.63) is 147 Å². The Labute approximate surface area is 415 Å². The first-order chi connectivity index (χ1) is 34.8. The van der Waals surface area contributed by atoms with Crippen LogP contribution in [0.25, 0.3) is 11.2 Å². The van der Waals surface area contributed by atoms with Crippen LogP contribution in [-0.2, 0) is 53.8 Å². The summed E-state index contributed by atoms with van der Waals surface area (Å²) in [4.78, 5) is 59.9. The monoisotopic (exact) mass is 984 g/mol. The van der Waals surface area contributed by atoms with Gasteiger partial charge in [-0.3, -0.25) is 38.5 Å². The van der Waals surface area contributed by atoms with Gasteiger partial charge < -0.3 is 19.1 Å². The van der Waals surface area contributed by atoms with E-state index in [1.165, 1.54) is 22.4 Å². The Morgan fingerprint density at radius 3 is 2.33 bits per heavy atom. The lowest BCUT2D eigenvalue weighted by Crippen LogP contribution is -2.52. The molecule has 376 valence electrons. The van der Waals surface area contributed by atoms with Crippen molar-refractivity contribution in [3.63, 3.8) is 0 Å². The highest BCUT2D eigenvalue weighted by Crippen LogP contribution is 2.43. The van der Waals surface area contributed by atoms with Crippen molar-refractivity contribution in [1.29, 1.82) is 0 Å². The van der Waals surface area contributed by atoms with Crippen LogP contribution < -0.4 is 15.9 Å². The Balaban J connectivity index is 0.670. The molecule has 15 nitrogen and oxygen atoms in total. The third-order valence-electron chi connectivity index (χ3n) is 15.6. The van der Waals surface area contributed by atoms with Crippen LogP contribution in [0.5, 0.6) is 0 Å². The van der Waals surface area contributed by atoms with Crippen LogP contribution in [0.3, 0.4) is 0 Å². The van der Waals surface area contributed by atoms with Crippen molar-refractivity contribution in [2.75, 3.05) is 50.8 Å². The number of nitrogens with zero attached hydrogens (tertiary/aromatic N) is 9. The van der Waals surface area contributed by atoms with Gasteiger partial charge in [-0.15, -0.1) is 10.2 Å². The number of halogens is 3. The number of carbonyl (C=O) groups is 3. The quantitative estimate of drug-likeness (QED) is 0.118. The van der Waals surface area contributed by atoms with Crippen LogP contribution in [0.1, 0.15) is 100 Å². The molecular weight excluding hydrogens is 926 g/mol. The maximum Gasteiger partial charge on any atom is 0.418 e. The molecular formula is C54H59F3N10O5. The molecule has 0 spiro atoms. The predicted octanol–water partition coefficient (Wildman–Crippen LogP) is 6.68. The second-order valence-electron chi connectivity index (χ2n) is 20.4. The average molecular weight is 985 g/mol. The molecule has 3 amide bonds. The Bertz CT molecular complexity index is 3060. The molecule has 7 heterocycles. The molecule has 11 rings (SSSR count). The van der Waals surface area contributed by atoms with Crippen LogP contribution >= 0.6 is 0 Å². The standard InChI is InChI=1S/C54H59F3N10O5/c1-61-34-58-60-50(61)49(39-6-2-7-39)40-8-3-9-43(24-40)65-31-47-45(54(55,56)57)23-38(29-67(47)53(65)71)28-63-18-4-5-37(27-63)33-72-32-36-12-10-35(11-13-36)26-62-19-21-64(22-20-62)42-14-15-44-41(25-42)30-66(52(44)70)46-16-17-48(68)59-51(46)69/h3,8-15,23-25,29,31,34,37,39,46,49H,2,4-7,16-22,26-28,30,32-33H2,1H3,(H,59,68,69)/t37-,46?,49-/m1/s1. The molecule has 1 unspecified atom stereocenters. The number of aryl methyl sites for hydroxylation is 1. The summed E-state index contributed by atoms with van der Waals surface area (Å²) in [6.07, 6.45) is 5.53. The van der Waals surface area contributed by atoms with Gasteiger partial charge in [0.25, 0.3) is 5.91 Å². The molecule has 4 fully saturated rings. The van der Waals surface area contributed by atoms with Gasteiger partial charge in [-0.25, -0.2) is 4.79 Å². The number of hydrogen-bond donors (Lipinski definition) is 1. The number of fused-ring (bicyclic) bond motifs is 2. The Hall–Kier alpha value is -6.63. The van der Waals surface area contributed by atoms with Crippen LogP contribution in [0.4, 0.5) is 18.9 Å². The van der Waals surface area contributed by atoms with E-state index < -0.39 is 29.4 Å². The topological polar surface area (TPSA) is 143 Å². The Kier molecular flexibility index (Phi) is 13.1. The highest BCUT2D eigenvalue weighted by atomic mass is 19.4. The number of pyridine rings is 1. The molecule has 18 heteroatoms. The lowest BCUT2D eigenvalue weighted by Gasteiger charge is -2.36. The van der Waals surface area contributed by atoms with E-state index in [0.717, 1.165) is 104 Å². The maximum absolute atomic E-state index is 14.8. The number of alkyl halides is 3. The number of imide groups is 1. The van der Waals surface area contributed by atoms with Crippen molar-refractivity contribution < 1.29 is 32.3 Å². The van der Waals surface area contributed by atoms with Gasteiger partial charge in [0.1, 0.15) is 18.2 Å². The summed E-state index contributed by atoms with van der Waals surface area (Å²) >= 11 is 0. The summed E-state index contributed by atoms with van der Waals surface area (Å²) in [6, 6.07) is 22.5. The molecule has 3 aromatic heterocycles. The highest BCUT2D eigenvalue weighted by molar-refractivity contribution is 6.05. The third-order valence-corrected chi connectivity index (χ3v) is 15.6. The second kappa shape index (κ2) is 19.8. The zero-order valence-corrected chi connectivity index (χ0v) is 40.4. The van der Waals surface area contributed by atoms with Gasteiger partial charge in [0.15, 0.2) is 0 Å². The van der Waals surface area contributed by atoms with Crippen molar-refractivity contribution in [2.45, 2.75) is 89.3 Å². The van der Waals surface area contributed by atoms with Crippen LogP contribution in [0, 0.1) is 11.8 Å². The van der Waals surface area contributed by atoms with Gasteiger partial charge in [-0.2, -0.15) is 13.2 Å². The smallest absolute Gasteiger partial charge is 0.376 e. The van der Waals surface area contributed by atoms with Crippen molar-refractivity contribution in [2.24, 2.45) is 18.9 Å². The van der Waals surface area contributed by atoms with E-state index in [1.54, 1.807) is 23.5 Å². The zero-order chi connectivity index (χ0) is 49.7. The van der Waals surface area contributed by atoms with Crippen LogP contribution in [-0.4, -0.2) is 108 Å². The normalized spacial score (nSPS) is 20.8. The first-order valence-electron chi connectivity index (χ1n) is 25.2. The molecule has 4 aliphatic heterocycles. The van der Waals surface area contributed by atoms with E-state index in [2.05, 4.69) is 60.5 Å². The number of rotatable bonds is 14. The number of imidazole rings is 1. The first-order valence-corrected chi connectivity index (χ1v) is 25.2. The largest absolute Gasteiger partial charge is 0.418 e. The van der Waals surface area contributed by atoms with Crippen molar-refractivity contribution in [1.82, 2.24) is 43.7 Å². The minimum atomic E-state index is -4.67. The number of likely N-dealkylation sites (tertiary alicyclic amines) is 1. The molecule has 3 aromatic carbocycles. The number of anilines is 1. The van der Waals surface area contributed by atoms with Gasteiger partial charge in [-0.1, -0.05) is 42.8 Å². The van der Waals surface area contributed by atoms with E-state index in [-0.39, 0.29) is 42.1 Å². The molecule has 5 aliphatic rings. The minimum absolute atomic E-state index is 0.0416. The second-order valence-corrected chi connectivity index (χ2v) is 20.4. The number of benzene rings is 3. The Morgan fingerprint density at radius 1 is 0.806 bits per heavy atom. The maximum atomic E-state index is 14.8. The molecule has 0 radical (unpaired) electrons. The molecule has 72 heavy (non-hydrogen) atoms. The van der Waals surface area contributed by atoms with Gasteiger partial charge in [0.05, 0.1) is 30.0 Å². The van der Waals surface area contributed by atoms with E-state index in [0.29, 0.717) is 55.5 Å². The number of nitrogens with one attached hydrogen (secondary N) is 1. The summed E-state index contributed by atoms with van der Waals surface area (Å²) in [5, 5.41) is 10.9. The van der Waals surface area contributed by atoms with E-state index in [9.17, 15) is 32.3 Å². The van der Waals surface area contributed by atoms with Crippen molar-refractivity contribution >= 4 is 28.9 Å². The predicted molar refractivity (Wildman–Crippen MR) is 262 cm³/mol. The molecule has 1 saturated carbocycles. The molecule has 1 N–H and O–H groups in total. The van der Waals surface area contributed by atoms with Crippen molar-refractivity contribution in [3.8, 4) is 5.69 Å². The zero-order valence-electron chi connectivity index (χ0n) is 40.4. The van der Waals surface area contributed by atoms with Crippen LogP contribution in [0.2, 0.25) is 0 Å². The Morgan fingerprint density at radius 2 is 1.60 bits per heavy atom. The average Bonchev–Trinajstić information content (AvgIpc) is 4.03. The summed E-state index contributed by atoms with van der Waals surface area (Å²) in [6.45, 7) is 7.33. The van der Waals surface area contributed by atoms with E-state index in [4.69, 9.17) is 4.74 Å². The fraction of sp³-hybridized carbons (Fsp3) is 0.444. The molecule has 3 atom stereocenters. The summed E-state index contributed by atoms with van der Waals surface area (Å²) in [5.41, 5.74) is 5.18. The molecule has 0 bridgehead atoms. The number of aromatic nitrogens is 5. The lowest BCUT2D eigenvalue weighted by atomic mass is 9.72. The van der Waals surface area contributed by atoms with E-state index in [1.807, 2.05) is 41.9 Å². The fourth-order valence-corrected chi connectivity index (χ4v) is 11.5. The summed E-state index contributed by atoms with van der Waals surface area (Å²) in [5.74, 6) is 0.500. The lowest BCUT2D eigenvalue weighted by molar-refractivity contribution is -0.137. The van der Waals surface area contributed by atoms with Gasteiger partial charge in [0, 0.05) is 95.4 Å². The molecule has 1 aliphatic carbocycles. The number of hydrogen-bond acceptors (Lipinski definition) is 10. The number of piperazine rings is 1. The summed E-state index contributed by atoms with van der Waals surface area (Å²) < 4.78 is 54.9. The number of carbonyl (C=O) groups excluding carboxylic acids is 3. The third kappa shape index (κ3) is 9.71. The van der Waals surface area contributed by atoms with Gasteiger partial charge in [-0.05, 0) is 115 Å². The molecule has 6 aromatic rings. The van der Waals surface area contributed by atoms with Gasteiger partial charge >= 0.3 is 11.9 Å². The first kappa shape index (κ1) is 47.7. The fourth-order valence-electron chi connectivity index (χ4n) is 11.5. The van der Waals surface area contributed by atoms with Gasteiger partial charge in [0.2, 0.25) is 11.8 Å².